The predicted octanol–water partition coefficient (Wildman–Crippen LogP) is 4.20. The molecule has 114 valence electrons. The Balaban J connectivity index is 2.87. The molecule has 1 heterocycles. The topological polar surface area (TPSA) is 37.8 Å². The Kier molecular flexibility index (Phi) is 3.64. The van der Waals surface area contributed by atoms with Crippen molar-refractivity contribution in [2.24, 2.45) is 0 Å². The van der Waals surface area contributed by atoms with Crippen LogP contribution < -0.4 is 5.56 Å². The molecule has 0 saturated heterocycles. The Bertz CT molecular complexity index is 706. The number of aromatic nitrogens is 2. The molecular formula is C18H26N2O. The summed E-state index contributed by atoms with van der Waals surface area (Å²) in [5.41, 5.74) is 3.76. The molecule has 0 fully saturated rings. The summed E-state index contributed by atoms with van der Waals surface area (Å²) in [6, 6.07) is 8.33. The largest absolute Gasteiger partial charge is 0.279 e. The van der Waals surface area contributed by atoms with Crippen LogP contribution in [0.1, 0.15) is 52.7 Å². The summed E-state index contributed by atoms with van der Waals surface area (Å²) in [7, 11) is 0. The normalized spacial score (nSPS) is 12.7. The Morgan fingerprint density at radius 3 is 2.14 bits per heavy atom. The molecule has 0 aliphatic rings. The molecule has 1 N–H and O–H groups in total. The summed E-state index contributed by atoms with van der Waals surface area (Å²) in [6.45, 7) is 14.7. The van der Waals surface area contributed by atoms with Crippen molar-refractivity contribution < 1.29 is 0 Å². The summed E-state index contributed by atoms with van der Waals surface area (Å²) >= 11 is 0. The lowest BCUT2D eigenvalue weighted by Crippen LogP contribution is -2.25. The quantitative estimate of drug-likeness (QED) is 0.838. The predicted molar refractivity (Wildman–Crippen MR) is 88.9 cm³/mol. The highest BCUT2D eigenvalue weighted by atomic mass is 16.1. The van der Waals surface area contributed by atoms with E-state index in [9.17, 15) is 4.79 Å². The van der Waals surface area contributed by atoms with E-state index in [1.165, 1.54) is 5.56 Å². The Morgan fingerprint density at radius 2 is 1.67 bits per heavy atom. The summed E-state index contributed by atoms with van der Waals surface area (Å²) in [6.07, 6.45) is 0. The maximum Gasteiger partial charge on any atom is 0.268 e. The molecule has 0 atom stereocenters. The second kappa shape index (κ2) is 4.90. The first-order chi connectivity index (χ1) is 9.51. The molecule has 0 spiro atoms. The van der Waals surface area contributed by atoms with Gasteiger partial charge in [-0.1, -0.05) is 44.5 Å². The molecule has 0 bridgehead atoms. The third kappa shape index (κ3) is 2.97. The first-order valence-corrected chi connectivity index (χ1v) is 7.45. The van der Waals surface area contributed by atoms with Crippen molar-refractivity contribution in [2.75, 3.05) is 0 Å². The average molecular weight is 286 g/mol. The van der Waals surface area contributed by atoms with Crippen LogP contribution in [0, 0.1) is 6.92 Å². The molecule has 0 saturated carbocycles. The van der Waals surface area contributed by atoms with E-state index in [2.05, 4.69) is 71.8 Å². The third-order valence-corrected chi connectivity index (χ3v) is 3.61. The van der Waals surface area contributed by atoms with Crippen molar-refractivity contribution in [1.82, 2.24) is 9.78 Å². The van der Waals surface area contributed by atoms with E-state index in [4.69, 9.17) is 0 Å². The molecule has 2 aromatic rings. The number of nitrogens with one attached hydrogen (secondary N) is 1. The van der Waals surface area contributed by atoms with Crippen molar-refractivity contribution in [2.45, 2.75) is 59.4 Å². The van der Waals surface area contributed by atoms with E-state index < -0.39 is 0 Å². The first kappa shape index (κ1) is 15.6. The molecular weight excluding hydrogens is 260 g/mol. The van der Waals surface area contributed by atoms with Gasteiger partial charge in [-0.25, -0.2) is 0 Å². The molecule has 0 aliphatic carbocycles. The van der Waals surface area contributed by atoms with Gasteiger partial charge in [0.2, 0.25) is 0 Å². The van der Waals surface area contributed by atoms with Crippen LogP contribution in [-0.2, 0) is 11.0 Å². The van der Waals surface area contributed by atoms with Gasteiger partial charge in [-0.3, -0.25) is 14.6 Å². The summed E-state index contributed by atoms with van der Waals surface area (Å²) in [5.74, 6) is 0. The van der Waals surface area contributed by atoms with Gasteiger partial charge in [0.15, 0.2) is 0 Å². The zero-order chi connectivity index (χ0) is 16.0. The van der Waals surface area contributed by atoms with Crippen molar-refractivity contribution >= 4 is 0 Å². The molecule has 1 aromatic heterocycles. The fourth-order valence-corrected chi connectivity index (χ4v) is 2.70. The second-order valence-corrected chi connectivity index (χ2v) is 7.79. The highest BCUT2D eigenvalue weighted by Gasteiger charge is 2.30. The molecule has 1 aromatic carbocycles. The number of aromatic amines is 1. The van der Waals surface area contributed by atoms with Gasteiger partial charge < -0.3 is 0 Å². The van der Waals surface area contributed by atoms with Crippen LogP contribution in [0.15, 0.2) is 29.1 Å². The first-order valence-electron chi connectivity index (χ1n) is 7.45. The van der Waals surface area contributed by atoms with Gasteiger partial charge >= 0.3 is 0 Å². The molecule has 21 heavy (non-hydrogen) atoms. The smallest absolute Gasteiger partial charge is 0.268 e. The lowest BCUT2D eigenvalue weighted by molar-refractivity contribution is 0.357. The minimum absolute atomic E-state index is 0.00827. The minimum Gasteiger partial charge on any atom is -0.279 e. The highest BCUT2D eigenvalue weighted by molar-refractivity contribution is 5.66. The van der Waals surface area contributed by atoms with E-state index in [0.29, 0.717) is 0 Å². The monoisotopic (exact) mass is 286 g/mol. The van der Waals surface area contributed by atoms with Gasteiger partial charge in [-0.2, -0.15) is 0 Å². The number of hydrogen-bond acceptors (Lipinski definition) is 1. The van der Waals surface area contributed by atoms with Crippen LogP contribution in [0.25, 0.3) is 11.3 Å². The second-order valence-electron chi connectivity index (χ2n) is 7.79. The van der Waals surface area contributed by atoms with E-state index >= 15 is 0 Å². The number of aryl methyl sites for hydroxylation is 1. The summed E-state index contributed by atoms with van der Waals surface area (Å²) in [4.78, 5) is 12.5. The van der Waals surface area contributed by atoms with Gasteiger partial charge in [0, 0.05) is 11.1 Å². The molecule has 2 rings (SSSR count). The average Bonchev–Trinajstić information content (AvgIpc) is 2.66. The van der Waals surface area contributed by atoms with Gasteiger partial charge in [-0.15, -0.1) is 0 Å². The molecule has 3 heteroatoms. The van der Waals surface area contributed by atoms with Crippen LogP contribution in [-0.4, -0.2) is 9.78 Å². The number of hydrogen-bond donors (Lipinski definition) is 1. The molecule has 0 unspecified atom stereocenters. The number of H-pyrrole nitrogens is 1. The number of nitrogens with zero attached hydrogens (tertiary/aromatic N) is 1. The summed E-state index contributed by atoms with van der Waals surface area (Å²) < 4.78 is 2.00. The summed E-state index contributed by atoms with van der Waals surface area (Å²) in [5, 5.41) is 3.04. The van der Waals surface area contributed by atoms with E-state index in [1.807, 2.05) is 10.7 Å². The zero-order valence-electron chi connectivity index (χ0n) is 14.2. The van der Waals surface area contributed by atoms with E-state index in [1.54, 1.807) is 0 Å². The molecule has 0 amide bonds. The Labute approximate surface area is 127 Å². The van der Waals surface area contributed by atoms with E-state index in [-0.39, 0.29) is 16.5 Å². The van der Waals surface area contributed by atoms with Gasteiger partial charge in [-0.05, 0) is 39.2 Å². The molecule has 0 radical (unpaired) electrons. The van der Waals surface area contributed by atoms with Crippen molar-refractivity contribution in [3.63, 3.8) is 0 Å². The Morgan fingerprint density at radius 1 is 1.05 bits per heavy atom. The lowest BCUT2D eigenvalue weighted by Gasteiger charge is -2.26. The number of benzene rings is 1. The van der Waals surface area contributed by atoms with Crippen LogP contribution in [0.5, 0.6) is 0 Å². The maximum absolute atomic E-state index is 12.5. The molecule has 3 nitrogen and oxygen atoms in total. The van der Waals surface area contributed by atoms with Crippen molar-refractivity contribution in [1.29, 1.82) is 0 Å². The van der Waals surface area contributed by atoms with E-state index in [0.717, 1.165) is 16.8 Å². The van der Waals surface area contributed by atoms with Crippen molar-refractivity contribution in [3.8, 4) is 11.3 Å². The Hall–Kier alpha value is -1.77. The SMILES string of the molecule is Cc1cccc(-c2c(C(C)(C)C)c(=O)[nH]n2C(C)(C)C)c1. The molecule has 0 aliphatic heterocycles. The van der Waals surface area contributed by atoms with Crippen LogP contribution >= 0.6 is 0 Å². The van der Waals surface area contributed by atoms with Crippen LogP contribution in [0.2, 0.25) is 0 Å². The fraction of sp³-hybridized carbons (Fsp3) is 0.500. The highest BCUT2D eigenvalue weighted by Crippen LogP contribution is 2.33. The van der Waals surface area contributed by atoms with Gasteiger partial charge in [0.05, 0.1) is 11.2 Å². The fourth-order valence-electron chi connectivity index (χ4n) is 2.70. The van der Waals surface area contributed by atoms with Gasteiger partial charge in [0.1, 0.15) is 0 Å². The standard InChI is InChI=1S/C18H26N2O/c1-12-9-8-10-13(11-12)15-14(17(2,3)4)16(21)19-20(15)18(5,6)7/h8-11H,1-7H3,(H,19,21). The van der Waals surface area contributed by atoms with Crippen LogP contribution in [0.3, 0.4) is 0 Å². The number of rotatable bonds is 1. The van der Waals surface area contributed by atoms with Crippen LogP contribution in [0.4, 0.5) is 0 Å². The minimum atomic E-state index is -0.205. The third-order valence-electron chi connectivity index (χ3n) is 3.61. The maximum atomic E-state index is 12.5. The zero-order valence-corrected chi connectivity index (χ0v) is 14.2. The van der Waals surface area contributed by atoms with Crippen molar-refractivity contribution in [3.05, 3.63) is 45.7 Å². The van der Waals surface area contributed by atoms with Gasteiger partial charge in [0.25, 0.3) is 5.56 Å². The lowest BCUT2D eigenvalue weighted by atomic mass is 9.85.